The molecule has 0 bridgehead atoms. The van der Waals surface area contributed by atoms with Gasteiger partial charge in [-0.05, 0) is 58.3 Å². The topological polar surface area (TPSA) is 106 Å². The van der Waals surface area contributed by atoms with Crippen LogP contribution in [0.5, 0.6) is 0 Å². The maximum absolute atomic E-state index is 13.3. The number of likely N-dealkylation sites (N-methyl/N-ethyl adjacent to an activating group) is 2. The summed E-state index contributed by atoms with van der Waals surface area (Å²) < 4.78 is 0. The van der Waals surface area contributed by atoms with Crippen LogP contribution in [-0.2, 0) is 17.6 Å². The zero-order valence-electron chi connectivity index (χ0n) is 19.0. The molecule has 1 aromatic rings. The summed E-state index contributed by atoms with van der Waals surface area (Å²) in [6.45, 7) is 7.06. The Morgan fingerprint density at radius 2 is 2.06 bits per heavy atom. The third-order valence-electron chi connectivity index (χ3n) is 6.56. The number of thiophene rings is 1. The SMILES string of the molecule is CCN(C(=O)NCCN(C)C)C(=O)[C@@H]1C[C@@H]2Cc3c(sc(N)c3C#N)C[C@H]2N(CC)C1. The van der Waals surface area contributed by atoms with Crippen LogP contribution in [0.4, 0.5) is 9.80 Å². The number of fused-ring (bicyclic) bond motifs is 2. The Hall–Kier alpha value is -2.15. The van der Waals surface area contributed by atoms with Gasteiger partial charge in [-0.1, -0.05) is 6.92 Å². The van der Waals surface area contributed by atoms with Gasteiger partial charge in [0.05, 0.1) is 11.5 Å². The molecule has 1 fully saturated rings. The number of anilines is 1. The van der Waals surface area contributed by atoms with Gasteiger partial charge in [-0.15, -0.1) is 11.3 Å². The summed E-state index contributed by atoms with van der Waals surface area (Å²) in [5.74, 6) is -0.0338. The minimum atomic E-state index is -0.317. The molecule has 0 aromatic carbocycles. The molecule has 1 aromatic heterocycles. The molecule has 31 heavy (non-hydrogen) atoms. The van der Waals surface area contributed by atoms with Crippen LogP contribution < -0.4 is 11.1 Å². The second-order valence-electron chi connectivity index (χ2n) is 8.73. The molecular formula is C22H34N6O2S. The van der Waals surface area contributed by atoms with Crippen molar-refractivity contribution in [1.29, 1.82) is 5.26 Å². The normalized spacial score (nSPS) is 23.0. The van der Waals surface area contributed by atoms with E-state index >= 15 is 0 Å². The zero-order valence-corrected chi connectivity index (χ0v) is 19.8. The van der Waals surface area contributed by atoms with Gasteiger partial charge in [0.2, 0.25) is 5.91 Å². The van der Waals surface area contributed by atoms with Gasteiger partial charge in [-0.25, -0.2) is 4.79 Å². The number of hydrogen-bond donors (Lipinski definition) is 2. The van der Waals surface area contributed by atoms with E-state index in [1.807, 2.05) is 25.9 Å². The monoisotopic (exact) mass is 446 g/mol. The predicted molar refractivity (Wildman–Crippen MR) is 123 cm³/mol. The average Bonchev–Trinajstić information content (AvgIpc) is 3.05. The third-order valence-corrected chi connectivity index (χ3v) is 7.65. The summed E-state index contributed by atoms with van der Waals surface area (Å²) in [5.41, 5.74) is 7.78. The van der Waals surface area contributed by atoms with E-state index in [1.54, 1.807) is 0 Å². The van der Waals surface area contributed by atoms with Gasteiger partial charge in [-0.2, -0.15) is 5.26 Å². The number of amides is 3. The van der Waals surface area contributed by atoms with Crippen molar-refractivity contribution in [3.05, 3.63) is 16.0 Å². The Bertz CT molecular complexity index is 861. The fraction of sp³-hybridized carbons (Fsp3) is 0.682. The second kappa shape index (κ2) is 9.98. The van der Waals surface area contributed by atoms with Gasteiger partial charge >= 0.3 is 6.03 Å². The number of nitrogens with one attached hydrogen (secondary N) is 1. The van der Waals surface area contributed by atoms with E-state index in [2.05, 4.69) is 23.2 Å². The summed E-state index contributed by atoms with van der Waals surface area (Å²) in [6, 6.07) is 2.31. The van der Waals surface area contributed by atoms with Gasteiger partial charge in [0.15, 0.2) is 0 Å². The van der Waals surface area contributed by atoms with Crippen molar-refractivity contribution in [2.24, 2.45) is 11.8 Å². The second-order valence-corrected chi connectivity index (χ2v) is 9.87. The highest BCUT2D eigenvalue weighted by atomic mass is 32.1. The van der Waals surface area contributed by atoms with Crippen LogP contribution in [0.15, 0.2) is 0 Å². The first kappa shape index (κ1) is 23.5. The van der Waals surface area contributed by atoms with E-state index in [0.29, 0.717) is 36.2 Å². The summed E-state index contributed by atoms with van der Waals surface area (Å²) in [5, 5.41) is 13.0. The lowest BCUT2D eigenvalue weighted by Crippen LogP contribution is -2.56. The molecule has 1 saturated heterocycles. The molecule has 0 unspecified atom stereocenters. The molecule has 0 spiro atoms. The number of urea groups is 1. The van der Waals surface area contributed by atoms with E-state index < -0.39 is 0 Å². The number of likely N-dealkylation sites (tertiary alicyclic amines) is 1. The van der Waals surface area contributed by atoms with Crippen molar-refractivity contribution in [2.45, 2.75) is 39.2 Å². The fourth-order valence-corrected chi connectivity index (χ4v) is 6.06. The minimum Gasteiger partial charge on any atom is -0.389 e. The first-order valence-corrected chi connectivity index (χ1v) is 11.9. The molecule has 2 heterocycles. The number of rotatable bonds is 6. The standard InChI is InChI=1S/C22H34N6O2S/c1-5-27-13-15(21(29)28(6-2)22(30)25-7-8-26(3)4)9-14-10-16-17(12-23)20(24)31-19(16)11-18(14)27/h14-15,18H,5-11,13,24H2,1-4H3,(H,25,30)/t14-,15-,18-/m1/s1. The number of piperidine rings is 1. The molecule has 2 aliphatic rings. The molecule has 0 radical (unpaired) electrons. The first-order valence-electron chi connectivity index (χ1n) is 11.1. The number of carbonyl (C=O) groups excluding carboxylic acids is 2. The van der Waals surface area contributed by atoms with E-state index in [1.165, 1.54) is 21.1 Å². The van der Waals surface area contributed by atoms with Crippen molar-refractivity contribution in [3.63, 3.8) is 0 Å². The zero-order chi connectivity index (χ0) is 22.7. The Morgan fingerprint density at radius 3 is 2.68 bits per heavy atom. The molecule has 3 N–H and O–H groups in total. The molecule has 1 aliphatic heterocycles. The number of nitrogen functional groups attached to an aromatic ring is 1. The van der Waals surface area contributed by atoms with Crippen LogP contribution in [0.2, 0.25) is 0 Å². The Labute approximate surface area is 189 Å². The summed E-state index contributed by atoms with van der Waals surface area (Å²) in [6.07, 6.45) is 2.40. The van der Waals surface area contributed by atoms with Crippen LogP contribution in [0.3, 0.4) is 0 Å². The Kier molecular flexibility index (Phi) is 7.57. The Balaban J connectivity index is 1.74. The fourth-order valence-electron chi connectivity index (χ4n) is 4.96. The number of nitriles is 1. The van der Waals surface area contributed by atoms with Gasteiger partial charge in [0, 0.05) is 37.1 Å². The molecular weight excluding hydrogens is 412 g/mol. The van der Waals surface area contributed by atoms with E-state index in [4.69, 9.17) is 5.73 Å². The lowest BCUT2D eigenvalue weighted by molar-refractivity contribution is -0.136. The maximum Gasteiger partial charge on any atom is 0.324 e. The molecule has 8 nitrogen and oxygen atoms in total. The van der Waals surface area contributed by atoms with E-state index in [9.17, 15) is 14.9 Å². The average molecular weight is 447 g/mol. The van der Waals surface area contributed by atoms with E-state index in [0.717, 1.165) is 37.9 Å². The third kappa shape index (κ3) is 4.86. The highest BCUT2D eigenvalue weighted by Gasteiger charge is 2.43. The molecule has 3 rings (SSSR count). The first-order chi connectivity index (χ1) is 14.8. The quantitative estimate of drug-likeness (QED) is 0.690. The van der Waals surface area contributed by atoms with Crippen LogP contribution in [0.1, 0.15) is 36.3 Å². The van der Waals surface area contributed by atoms with Gasteiger partial charge in [0.25, 0.3) is 0 Å². The van der Waals surface area contributed by atoms with Crippen LogP contribution in [0.25, 0.3) is 0 Å². The van der Waals surface area contributed by atoms with Gasteiger partial charge in [-0.3, -0.25) is 14.6 Å². The number of imide groups is 1. The number of nitrogens with zero attached hydrogens (tertiary/aromatic N) is 4. The predicted octanol–water partition coefficient (Wildman–Crippen LogP) is 1.75. The van der Waals surface area contributed by atoms with Crippen LogP contribution >= 0.6 is 11.3 Å². The van der Waals surface area contributed by atoms with E-state index in [-0.39, 0.29) is 23.8 Å². The summed E-state index contributed by atoms with van der Waals surface area (Å²) in [7, 11) is 3.89. The molecule has 9 heteroatoms. The highest BCUT2D eigenvalue weighted by Crippen LogP contribution is 2.43. The van der Waals surface area contributed by atoms with Crippen molar-refractivity contribution < 1.29 is 9.59 Å². The molecule has 1 aliphatic carbocycles. The van der Waals surface area contributed by atoms with Crippen LogP contribution in [-0.4, -0.2) is 79.5 Å². The van der Waals surface area contributed by atoms with Crippen LogP contribution in [0, 0.1) is 23.2 Å². The van der Waals surface area contributed by atoms with Crippen molar-refractivity contribution >= 4 is 28.3 Å². The largest absolute Gasteiger partial charge is 0.389 e. The molecule has 0 saturated carbocycles. The highest BCUT2D eigenvalue weighted by molar-refractivity contribution is 7.16. The Morgan fingerprint density at radius 1 is 1.32 bits per heavy atom. The number of nitrogens with two attached hydrogens (primary N) is 1. The van der Waals surface area contributed by atoms with Gasteiger partial charge in [0.1, 0.15) is 11.1 Å². The van der Waals surface area contributed by atoms with Crippen molar-refractivity contribution in [1.82, 2.24) is 20.0 Å². The lowest BCUT2D eigenvalue weighted by atomic mass is 9.73. The van der Waals surface area contributed by atoms with Crippen molar-refractivity contribution in [3.8, 4) is 6.07 Å². The number of hydrogen-bond acceptors (Lipinski definition) is 7. The summed E-state index contributed by atoms with van der Waals surface area (Å²) in [4.78, 5) is 32.9. The lowest BCUT2D eigenvalue weighted by Gasteiger charge is -2.46. The summed E-state index contributed by atoms with van der Waals surface area (Å²) >= 11 is 1.54. The number of carbonyl (C=O) groups is 2. The maximum atomic E-state index is 13.3. The smallest absolute Gasteiger partial charge is 0.324 e. The molecule has 3 atom stereocenters. The molecule has 3 amide bonds. The van der Waals surface area contributed by atoms with Gasteiger partial charge < -0.3 is 16.0 Å². The molecule has 170 valence electrons. The minimum absolute atomic E-state index is 0.0992. The van der Waals surface area contributed by atoms with Crippen molar-refractivity contribution in [2.75, 3.05) is 52.6 Å².